The summed E-state index contributed by atoms with van der Waals surface area (Å²) in [5, 5.41) is 4.03. The van der Waals surface area contributed by atoms with Gasteiger partial charge in [-0.2, -0.15) is 5.10 Å². The number of hydrogen-bond acceptors (Lipinski definition) is 7. The first-order valence-electron chi connectivity index (χ1n) is 9.09. The van der Waals surface area contributed by atoms with Crippen molar-refractivity contribution in [1.82, 2.24) is 5.43 Å². The molecule has 0 aromatic heterocycles. The Morgan fingerprint density at radius 3 is 2.50 bits per heavy atom. The smallest absolute Gasteiger partial charge is 0.272 e. The van der Waals surface area contributed by atoms with Gasteiger partial charge in [-0.05, 0) is 45.4 Å². The van der Waals surface area contributed by atoms with Gasteiger partial charge in [-0.25, -0.2) is 5.43 Å². The Balaban J connectivity index is 1.49. The fourth-order valence-electron chi connectivity index (χ4n) is 3.64. The average Bonchev–Trinajstić information content (AvgIpc) is 3.08. The number of nitrogens with one attached hydrogen (secondary N) is 1. The molecule has 1 N–H and O–H groups in total. The van der Waals surface area contributed by atoms with E-state index in [1.54, 1.807) is 33.9 Å². The van der Waals surface area contributed by atoms with Crippen LogP contribution >= 0.6 is 15.9 Å². The van der Waals surface area contributed by atoms with Gasteiger partial charge in [0.25, 0.3) is 5.91 Å². The first-order valence-corrected chi connectivity index (χ1v) is 9.88. The molecule has 3 saturated heterocycles. The largest absolute Gasteiger partial charge is 0.342 e. The second-order valence-electron chi connectivity index (χ2n) is 7.88. The highest BCUT2D eigenvalue weighted by atomic mass is 79.9. The molecular weight excluding hydrogens is 432 g/mol. The van der Waals surface area contributed by atoms with Crippen molar-refractivity contribution in [2.45, 2.75) is 70.0 Å². The second-order valence-corrected chi connectivity index (χ2v) is 8.79. The first kappa shape index (κ1) is 19.9. The van der Waals surface area contributed by atoms with E-state index in [-0.39, 0.29) is 0 Å². The molecule has 28 heavy (non-hydrogen) atoms. The molecule has 0 bridgehead atoms. The lowest BCUT2D eigenvalue weighted by Crippen LogP contribution is -2.59. The summed E-state index contributed by atoms with van der Waals surface area (Å²) in [7, 11) is 0. The SMILES string of the molecule is CC1(C)O[C@H]2[C@@H](O1)[C@@H](C(=O)N/N=C\c1cccc(Br)c1)O[C@@H]1OC(C)(C)O[C@@H]12. The highest BCUT2D eigenvalue weighted by Crippen LogP contribution is 2.44. The summed E-state index contributed by atoms with van der Waals surface area (Å²) in [6.07, 6.45) is -1.70. The van der Waals surface area contributed by atoms with Crippen molar-refractivity contribution in [1.29, 1.82) is 0 Å². The molecule has 3 aliphatic rings. The fourth-order valence-corrected chi connectivity index (χ4v) is 4.06. The lowest BCUT2D eigenvalue weighted by atomic mass is 9.98. The topological polar surface area (TPSA) is 87.6 Å². The number of carbonyl (C=O) groups is 1. The average molecular weight is 455 g/mol. The van der Waals surface area contributed by atoms with Crippen LogP contribution in [0.5, 0.6) is 0 Å². The van der Waals surface area contributed by atoms with Gasteiger partial charge in [0.15, 0.2) is 24.0 Å². The number of amides is 1. The fraction of sp³-hybridized carbons (Fsp3) is 0.579. The summed E-state index contributed by atoms with van der Waals surface area (Å²) in [6.45, 7) is 7.17. The number of hydrazone groups is 1. The van der Waals surface area contributed by atoms with E-state index in [1.165, 1.54) is 0 Å². The molecule has 1 aromatic rings. The van der Waals surface area contributed by atoms with E-state index in [4.69, 9.17) is 23.7 Å². The molecule has 0 spiro atoms. The van der Waals surface area contributed by atoms with Gasteiger partial charge in [0, 0.05) is 4.47 Å². The van der Waals surface area contributed by atoms with Gasteiger partial charge < -0.3 is 23.7 Å². The Labute approximate surface area is 171 Å². The summed E-state index contributed by atoms with van der Waals surface area (Å²) in [5.41, 5.74) is 3.36. The van der Waals surface area contributed by atoms with Crippen molar-refractivity contribution >= 4 is 28.1 Å². The van der Waals surface area contributed by atoms with Crippen LogP contribution in [0.4, 0.5) is 0 Å². The molecule has 9 heteroatoms. The number of benzene rings is 1. The van der Waals surface area contributed by atoms with Gasteiger partial charge in [0.05, 0.1) is 6.21 Å². The van der Waals surface area contributed by atoms with Gasteiger partial charge in [-0.1, -0.05) is 28.1 Å². The van der Waals surface area contributed by atoms with Crippen molar-refractivity contribution in [2.75, 3.05) is 0 Å². The monoisotopic (exact) mass is 454 g/mol. The zero-order valence-corrected chi connectivity index (χ0v) is 17.6. The number of hydrogen-bond donors (Lipinski definition) is 1. The minimum Gasteiger partial charge on any atom is -0.342 e. The van der Waals surface area contributed by atoms with Crippen LogP contribution in [-0.4, -0.2) is 54.4 Å². The van der Waals surface area contributed by atoms with Gasteiger partial charge in [-0.15, -0.1) is 0 Å². The standard InChI is InChI=1S/C19H23BrN2O6/c1-18(2)25-12-13(26-18)15-17(28-19(3,4)27-15)24-14(12)16(23)22-21-9-10-6-5-7-11(20)8-10/h5-9,12-15,17H,1-4H3,(H,22,23)/b21-9-/t12-,13+,14+,15-,17-/m1/s1. The van der Waals surface area contributed by atoms with Crippen LogP contribution in [0.15, 0.2) is 33.8 Å². The zero-order valence-electron chi connectivity index (χ0n) is 16.0. The van der Waals surface area contributed by atoms with E-state index >= 15 is 0 Å². The first-order chi connectivity index (χ1) is 13.1. The van der Waals surface area contributed by atoms with E-state index in [2.05, 4.69) is 26.5 Å². The maximum Gasteiger partial charge on any atom is 0.272 e. The number of ether oxygens (including phenoxy) is 5. The summed E-state index contributed by atoms with van der Waals surface area (Å²) < 4.78 is 30.5. The molecule has 3 heterocycles. The van der Waals surface area contributed by atoms with Gasteiger partial charge >= 0.3 is 0 Å². The van der Waals surface area contributed by atoms with E-state index in [9.17, 15) is 4.79 Å². The van der Waals surface area contributed by atoms with Crippen LogP contribution in [0.1, 0.15) is 33.3 Å². The van der Waals surface area contributed by atoms with Crippen molar-refractivity contribution in [3.8, 4) is 0 Å². The number of halogens is 1. The van der Waals surface area contributed by atoms with Crippen molar-refractivity contribution in [3.05, 3.63) is 34.3 Å². The molecule has 1 aromatic carbocycles. The van der Waals surface area contributed by atoms with Crippen LogP contribution in [0, 0.1) is 0 Å². The summed E-state index contributed by atoms with van der Waals surface area (Å²) >= 11 is 3.40. The predicted octanol–water partition coefficient (Wildman–Crippen LogP) is 2.30. The molecule has 4 rings (SSSR count). The lowest BCUT2D eigenvalue weighted by molar-refractivity contribution is -0.231. The molecule has 3 aliphatic heterocycles. The molecule has 3 fully saturated rings. The molecule has 1 amide bonds. The molecule has 5 atom stereocenters. The Kier molecular flexibility index (Phi) is 5.09. The highest BCUT2D eigenvalue weighted by molar-refractivity contribution is 9.10. The van der Waals surface area contributed by atoms with Crippen molar-refractivity contribution < 1.29 is 28.5 Å². The van der Waals surface area contributed by atoms with Crippen molar-refractivity contribution in [2.24, 2.45) is 5.10 Å². The molecule has 0 unspecified atom stereocenters. The third-order valence-corrected chi connectivity index (χ3v) is 5.14. The third-order valence-electron chi connectivity index (χ3n) is 4.65. The maximum atomic E-state index is 12.8. The Bertz CT molecular complexity index is 798. The summed E-state index contributed by atoms with van der Waals surface area (Å²) in [5.74, 6) is -2.13. The quantitative estimate of drug-likeness (QED) is 0.556. The minimum atomic E-state index is -0.940. The molecule has 8 nitrogen and oxygen atoms in total. The van der Waals surface area contributed by atoms with Gasteiger partial charge in [0.2, 0.25) is 0 Å². The number of carbonyl (C=O) groups excluding carboxylic acids is 1. The normalized spacial score (nSPS) is 35.5. The third kappa shape index (κ3) is 4.00. The molecular formula is C19H23BrN2O6. The van der Waals surface area contributed by atoms with E-state index < -0.39 is 48.2 Å². The van der Waals surface area contributed by atoms with Crippen LogP contribution in [0.2, 0.25) is 0 Å². The number of rotatable bonds is 3. The highest BCUT2D eigenvalue weighted by Gasteiger charge is 2.62. The zero-order chi connectivity index (χ0) is 20.1. The van der Waals surface area contributed by atoms with E-state index in [0.717, 1.165) is 10.0 Å². The maximum absolute atomic E-state index is 12.8. The summed E-state index contributed by atoms with van der Waals surface area (Å²) in [4.78, 5) is 12.8. The van der Waals surface area contributed by atoms with Crippen LogP contribution in [0.3, 0.4) is 0 Å². The van der Waals surface area contributed by atoms with Gasteiger partial charge in [0.1, 0.15) is 18.3 Å². The Morgan fingerprint density at radius 2 is 1.75 bits per heavy atom. The Morgan fingerprint density at radius 1 is 1.07 bits per heavy atom. The minimum absolute atomic E-state index is 0.436. The second kappa shape index (κ2) is 7.16. The number of nitrogens with zero attached hydrogens (tertiary/aromatic N) is 1. The molecule has 0 saturated carbocycles. The van der Waals surface area contributed by atoms with Crippen LogP contribution in [0.25, 0.3) is 0 Å². The van der Waals surface area contributed by atoms with Crippen LogP contribution in [-0.2, 0) is 28.5 Å². The summed E-state index contributed by atoms with van der Waals surface area (Å²) in [6, 6.07) is 7.55. The lowest BCUT2D eigenvalue weighted by Gasteiger charge is -2.36. The number of fused-ring (bicyclic) bond motifs is 3. The predicted molar refractivity (Wildman–Crippen MR) is 102 cm³/mol. The Hall–Kier alpha value is -1.36. The van der Waals surface area contributed by atoms with E-state index in [0.29, 0.717) is 0 Å². The van der Waals surface area contributed by atoms with Crippen LogP contribution < -0.4 is 5.43 Å². The van der Waals surface area contributed by atoms with E-state index in [1.807, 2.05) is 24.3 Å². The molecule has 0 aliphatic carbocycles. The van der Waals surface area contributed by atoms with Gasteiger partial charge in [-0.3, -0.25) is 4.79 Å². The molecule has 0 radical (unpaired) electrons. The molecule has 152 valence electrons. The van der Waals surface area contributed by atoms with Crippen molar-refractivity contribution in [3.63, 3.8) is 0 Å².